The lowest BCUT2D eigenvalue weighted by atomic mass is 10.0. The summed E-state index contributed by atoms with van der Waals surface area (Å²) < 4.78 is 11.0. The number of pyridine rings is 1. The Morgan fingerprint density at radius 2 is 1.59 bits per heavy atom. The lowest BCUT2D eigenvalue weighted by Gasteiger charge is -2.05. The maximum atomic E-state index is 12.9. The summed E-state index contributed by atoms with van der Waals surface area (Å²) in [6, 6.07) is 29.2. The topological polar surface area (TPSA) is 89.1 Å². The number of benzene rings is 3. The first-order valence-electron chi connectivity index (χ1n) is 12.0. The summed E-state index contributed by atoms with van der Waals surface area (Å²) in [4.78, 5) is 25.7. The molecule has 37 heavy (non-hydrogen) atoms. The van der Waals surface area contributed by atoms with E-state index in [2.05, 4.69) is 15.3 Å². The molecule has 0 atom stereocenters. The lowest BCUT2D eigenvalue weighted by molar-refractivity contribution is 0.0950. The molecule has 0 saturated carbocycles. The molecule has 1 amide bonds. The number of carbonyl (C=O) groups excluding carboxylic acids is 1. The van der Waals surface area contributed by atoms with Crippen molar-refractivity contribution < 1.29 is 14.3 Å². The van der Waals surface area contributed by atoms with Crippen LogP contribution in [0.15, 0.2) is 91.0 Å². The zero-order valence-electron chi connectivity index (χ0n) is 20.2. The molecule has 0 aliphatic carbocycles. The quantitative estimate of drug-likeness (QED) is 0.317. The molecule has 5 aromatic rings. The highest BCUT2D eigenvalue weighted by molar-refractivity contribution is 5.94. The smallest absolute Gasteiger partial charge is 0.251 e. The maximum Gasteiger partial charge on any atom is 0.251 e. The molecule has 0 bridgehead atoms. The molecule has 2 N–H and O–H groups in total. The fraction of sp³-hybridized carbons (Fsp3) is 0.100. The van der Waals surface area contributed by atoms with E-state index in [1.807, 2.05) is 97.9 Å². The molecule has 1 aliphatic heterocycles. The number of hydrogen-bond acceptors (Lipinski definition) is 5. The van der Waals surface area contributed by atoms with Gasteiger partial charge in [-0.15, -0.1) is 0 Å². The van der Waals surface area contributed by atoms with Crippen molar-refractivity contribution >= 4 is 5.91 Å². The van der Waals surface area contributed by atoms with Crippen LogP contribution in [0.1, 0.15) is 21.9 Å². The van der Waals surface area contributed by atoms with Crippen LogP contribution in [0.2, 0.25) is 0 Å². The van der Waals surface area contributed by atoms with E-state index in [0.717, 1.165) is 39.5 Å². The Hall–Kier alpha value is -4.91. The van der Waals surface area contributed by atoms with E-state index in [1.165, 1.54) is 0 Å². The summed E-state index contributed by atoms with van der Waals surface area (Å²) in [6.45, 7) is 2.39. The Morgan fingerprint density at radius 3 is 2.41 bits per heavy atom. The second kappa shape index (κ2) is 9.62. The molecule has 6 rings (SSSR count). The van der Waals surface area contributed by atoms with Gasteiger partial charge in [0.25, 0.3) is 5.91 Å². The predicted octanol–water partition coefficient (Wildman–Crippen LogP) is 5.77. The third-order valence-electron chi connectivity index (χ3n) is 6.21. The number of nitrogens with zero attached hydrogens (tertiary/aromatic N) is 2. The molecular formula is C30H24N4O3. The van der Waals surface area contributed by atoms with E-state index < -0.39 is 0 Å². The molecule has 7 heteroatoms. The van der Waals surface area contributed by atoms with Gasteiger partial charge in [-0.2, -0.15) is 0 Å². The number of rotatable bonds is 6. The summed E-state index contributed by atoms with van der Waals surface area (Å²) in [7, 11) is 0. The summed E-state index contributed by atoms with van der Waals surface area (Å²) in [5.41, 5.74) is 6.81. The average molecular weight is 489 g/mol. The Morgan fingerprint density at radius 1 is 0.838 bits per heavy atom. The molecule has 0 unspecified atom stereocenters. The Kier molecular flexibility index (Phi) is 5.86. The molecule has 3 heterocycles. The van der Waals surface area contributed by atoms with Crippen molar-refractivity contribution in [1.29, 1.82) is 0 Å². The molecule has 182 valence electrons. The van der Waals surface area contributed by atoms with E-state index in [1.54, 1.807) is 0 Å². The largest absolute Gasteiger partial charge is 0.454 e. The number of aromatic amines is 1. The van der Waals surface area contributed by atoms with Crippen LogP contribution < -0.4 is 14.8 Å². The first-order valence-corrected chi connectivity index (χ1v) is 12.0. The van der Waals surface area contributed by atoms with E-state index in [9.17, 15) is 4.79 Å². The number of ether oxygens (including phenoxy) is 2. The minimum absolute atomic E-state index is 0.170. The van der Waals surface area contributed by atoms with Gasteiger partial charge in [0.2, 0.25) is 6.79 Å². The molecule has 1 aliphatic rings. The summed E-state index contributed by atoms with van der Waals surface area (Å²) in [5.74, 6) is 1.84. The van der Waals surface area contributed by atoms with Crippen molar-refractivity contribution in [2.45, 2.75) is 13.5 Å². The fourth-order valence-electron chi connectivity index (χ4n) is 4.34. The van der Waals surface area contributed by atoms with Crippen molar-refractivity contribution in [1.82, 2.24) is 20.3 Å². The van der Waals surface area contributed by atoms with Crippen LogP contribution in [-0.4, -0.2) is 27.7 Å². The van der Waals surface area contributed by atoms with Crippen molar-refractivity contribution in [2.75, 3.05) is 6.79 Å². The number of aryl methyl sites for hydroxylation is 1. The number of H-pyrrole nitrogens is 1. The summed E-state index contributed by atoms with van der Waals surface area (Å²) >= 11 is 0. The minimum Gasteiger partial charge on any atom is -0.454 e. The van der Waals surface area contributed by atoms with Gasteiger partial charge in [0.1, 0.15) is 5.82 Å². The van der Waals surface area contributed by atoms with Crippen LogP contribution in [-0.2, 0) is 6.54 Å². The number of aromatic nitrogens is 3. The molecule has 0 radical (unpaired) electrons. The zero-order chi connectivity index (χ0) is 25.2. The molecule has 0 saturated heterocycles. The van der Waals surface area contributed by atoms with Gasteiger partial charge in [-0.05, 0) is 60.5 Å². The van der Waals surface area contributed by atoms with Gasteiger partial charge >= 0.3 is 0 Å². The summed E-state index contributed by atoms with van der Waals surface area (Å²) in [5, 5.41) is 2.97. The van der Waals surface area contributed by atoms with E-state index in [-0.39, 0.29) is 19.2 Å². The monoisotopic (exact) mass is 488 g/mol. The Balaban J connectivity index is 1.25. The Labute approximate surface area is 214 Å². The highest BCUT2D eigenvalue weighted by Gasteiger charge is 2.20. The standard InChI is InChI=1S/C30H24N4O3/c1-19-6-5-9-24(32-19)29-28(23-14-15-25-26(16-23)37-18-36-25)33-27(34-29)17-31-30(35)22-12-10-21(11-13-22)20-7-3-2-4-8-20/h2-16H,17-18H2,1H3,(H,31,35)(H,33,34). The maximum absolute atomic E-state index is 12.9. The van der Waals surface area contributed by atoms with Gasteiger partial charge in [0.15, 0.2) is 11.5 Å². The molecular weight excluding hydrogens is 464 g/mol. The number of hydrogen-bond donors (Lipinski definition) is 2. The van der Waals surface area contributed by atoms with Crippen LogP contribution >= 0.6 is 0 Å². The van der Waals surface area contributed by atoms with Gasteiger partial charge in [-0.3, -0.25) is 9.78 Å². The number of nitrogens with one attached hydrogen (secondary N) is 2. The van der Waals surface area contributed by atoms with Gasteiger partial charge in [0.05, 0.1) is 23.6 Å². The van der Waals surface area contributed by atoms with Crippen molar-refractivity contribution in [3.8, 4) is 45.3 Å². The lowest BCUT2D eigenvalue weighted by Crippen LogP contribution is -2.23. The van der Waals surface area contributed by atoms with E-state index >= 15 is 0 Å². The molecule has 7 nitrogen and oxygen atoms in total. The first kappa shape index (κ1) is 22.5. The number of carbonyl (C=O) groups is 1. The van der Waals surface area contributed by atoms with Crippen molar-refractivity contribution in [3.05, 3.63) is 108 Å². The van der Waals surface area contributed by atoms with Gasteiger partial charge in [-0.1, -0.05) is 48.5 Å². The van der Waals surface area contributed by atoms with Crippen LogP contribution in [0.3, 0.4) is 0 Å². The average Bonchev–Trinajstić information content (AvgIpc) is 3.59. The van der Waals surface area contributed by atoms with Gasteiger partial charge < -0.3 is 19.8 Å². The van der Waals surface area contributed by atoms with E-state index in [4.69, 9.17) is 14.5 Å². The SMILES string of the molecule is Cc1cccc(-c2[nH]c(CNC(=O)c3ccc(-c4ccccc4)cc3)nc2-c2ccc3c(c2)OCO3)n1. The molecule has 0 fully saturated rings. The number of imidazole rings is 1. The molecule has 3 aromatic carbocycles. The molecule has 2 aromatic heterocycles. The highest BCUT2D eigenvalue weighted by atomic mass is 16.7. The Bertz CT molecular complexity index is 1580. The summed E-state index contributed by atoms with van der Waals surface area (Å²) in [6.07, 6.45) is 0. The van der Waals surface area contributed by atoms with Crippen LogP contribution in [0, 0.1) is 6.92 Å². The van der Waals surface area contributed by atoms with Gasteiger partial charge in [0, 0.05) is 16.8 Å². The number of fused-ring (bicyclic) bond motifs is 1. The van der Waals surface area contributed by atoms with Crippen LogP contribution in [0.4, 0.5) is 0 Å². The second-order valence-corrected chi connectivity index (χ2v) is 8.77. The van der Waals surface area contributed by atoms with Crippen LogP contribution in [0.25, 0.3) is 33.8 Å². The van der Waals surface area contributed by atoms with E-state index in [0.29, 0.717) is 22.9 Å². The van der Waals surface area contributed by atoms with Gasteiger partial charge in [-0.25, -0.2) is 4.98 Å². The van der Waals surface area contributed by atoms with Crippen molar-refractivity contribution in [2.24, 2.45) is 0 Å². The third-order valence-corrected chi connectivity index (χ3v) is 6.21. The number of amides is 1. The molecule has 0 spiro atoms. The fourth-order valence-corrected chi connectivity index (χ4v) is 4.34. The predicted molar refractivity (Wildman–Crippen MR) is 141 cm³/mol. The third kappa shape index (κ3) is 4.67. The van der Waals surface area contributed by atoms with Crippen LogP contribution in [0.5, 0.6) is 11.5 Å². The second-order valence-electron chi connectivity index (χ2n) is 8.77. The van der Waals surface area contributed by atoms with Crippen molar-refractivity contribution in [3.63, 3.8) is 0 Å². The zero-order valence-corrected chi connectivity index (χ0v) is 20.2. The normalized spacial score (nSPS) is 11.9. The minimum atomic E-state index is -0.170. The highest BCUT2D eigenvalue weighted by Crippen LogP contribution is 2.38. The first-order chi connectivity index (χ1) is 18.1.